The summed E-state index contributed by atoms with van der Waals surface area (Å²) in [5.41, 5.74) is 3.37. The van der Waals surface area contributed by atoms with Crippen LogP contribution < -0.4 is 0 Å². The Morgan fingerprint density at radius 1 is 1.07 bits per heavy atom. The van der Waals surface area contributed by atoms with Crippen molar-refractivity contribution in [2.45, 2.75) is 36.6 Å². The summed E-state index contributed by atoms with van der Waals surface area (Å²) < 4.78 is 0. The zero-order valence-electron chi connectivity index (χ0n) is 16.7. The second kappa shape index (κ2) is 7.50. The Morgan fingerprint density at radius 3 is 2.54 bits per heavy atom. The van der Waals surface area contributed by atoms with Gasteiger partial charge in [0.2, 0.25) is 0 Å². The number of hydrogen-bond acceptors (Lipinski definition) is 3. The van der Waals surface area contributed by atoms with Crippen molar-refractivity contribution in [2.24, 2.45) is 11.3 Å². The van der Waals surface area contributed by atoms with Crippen LogP contribution in [0.25, 0.3) is 0 Å². The van der Waals surface area contributed by atoms with Crippen LogP contribution in [0.3, 0.4) is 0 Å². The van der Waals surface area contributed by atoms with Crippen molar-refractivity contribution in [1.29, 1.82) is 0 Å². The van der Waals surface area contributed by atoms with Crippen LogP contribution in [0.2, 0.25) is 0 Å². The number of fused-ring (bicyclic) bond motifs is 1. The molecule has 0 spiro atoms. The molecule has 5 aliphatic rings. The topological polar surface area (TPSA) is 9.72 Å². The summed E-state index contributed by atoms with van der Waals surface area (Å²) >= 11 is 12.5. The van der Waals surface area contributed by atoms with E-state index in [2.05, 4.69) is 52.0 Å². The molecule has 3 nitrogen and oxygen atoms in total. The Labute approximate surface area is 179 Å². The molecule has 3 aliphatic carbocycles. The fourth-order valence-electron chi connectivity index (χ4n) is 5.65. The van der Waals surface area contributed by atoms with Crippen LogP contribution >= 0.6 is 23.2 Å². The van der Waals surface area contributed by atoms with Gasteiger partial charge in [0.15, 0.2) is 0 Å². The van der Waals surface area contributed by atoms with Gasteiger partial charge in [0.1, 0.15) is 0 Å². The number of likely N-dealkylation sites (tertiary alicyclic amines) is 1. The average Bonchev–Trinajstić information content (AvgIpc) is 3.31. The van der Waals surface area contributed by atoms with Crippen molar-refractivity contribution >= 4 is 23.2 Å². The number of rotatable bonds is 4. The Balaban J connectivity index is 1.15. The van der Waals surface area contributed by atoms with Gasteiger partial charge in [-0.05, 0) is 43.0 Å². The highest BCUT2D eigenvalue weighted by atomic mass is 35.5. The molecule has 0 aromatic rings. The fraction of sp³-hybridized carbons (Fsp3) is 0.652. The molecular weight excluding hydrogens is 389 g/mol. The van der Waals surface area contributed by atoms with Gasteiger partial charge in [0.25, 0.3) is 0 Å². The van der Waals surface area contributed by atoms with Gasteiger partial charge in [-0.15, -0.1) is 23.2 Å². The van der Waals surface area contributed by atoms with Gasteiger partial charge in [0, 0.05) is 56.4 Å². The van der Waals surface area contributed by atoms with E-state index < -0.39 is 0 Å². The molecule has 2 heterocycles. The fourth-order valence-corrected chi connectivity index (χ4v) is 6.01. The van der Waals surface area contributed by atoms with Gasteiger partial charge in [-0.3, -0.25) is 4.90 Å². The summed E-state index contributed by atoms with van der Waals surface area (Å²) in [5.74, 6) is 0.915. The van der Waals surface area contributed by atoms with E-state index in [1.807, 2.05) is 6.08 Å². The molecule has 0 amide bonds. The monoisotopic (exact) mass is 419 g/mol. The summed E-state index contributed by atoms with van der Waals surface area (Å²) in [6, 6.07) is 0.562. The molecule has 2 saturated heterocycles. The van der Waals surface area contributed by atoms with Crippen molar-refractivity contribution in [3.05, 3.63) is 47.7 Å². The second-order valence-corrected chi connectivity index (χ2v) is 10.1. The number of halogens is 2. The number of piperidine rings is 1. The lowest BCUT2D eigenvalue weighted by Gasteiger charge is -2.41. The standard InChI is InChI=1S/C23H31Cl2N3/c1-2-26-15-18-14-23(18,16-26)17-3-5-19(6-4-17)27-9-11-28(12-10-27)20-7-8-21(24)22(25)13-20/h3-5,7-8,13,18-19,21-22H,2,6,9-12,14-16H2,1H3. The van der Waals surface area contributed by atoms with E-state index in [0.29, 0.717) is 11.5 Å². The van der Waals surface area contributed by atoms with Gasteiger partial charge >= 0.3 is 0 Å². The molecule has 2 aliphatic heterocycles. The highest BCUT2D eigenvalue weighted by Gasteiger charge is 2.60. The molecule has 5 heteroatoms. The van der Waals surface area contributed by atoms with Gasteiger partial charge in [-0.1, -0.05) is 31.2 Å². The minimum atomic E-state index is -0.102. The lowest BCUT2D eigenvalue weighted by Crippen LogP contribution is -2.49. The van der Waals surface area contributed by atoms with E-state index in [0.717, 1.165) is 32.1 Å². The van der Waals surface area contributed by atoms with E-state index >= 15 is 0 Å². The Morgan fingerprint density at radius 2 is 1.89 bits per heavy atom. The molecule has 28 heavy (non-hydrogen) atoms. The Hall–Kier alpha value is -0.740. The van der Waals surface area contributed by atoms with Crippen molar-refractivity contribution in [2.75, 3.05) is 45.8 Å². The smallest absolute Gasteiger partial charge is 0.0737 e. The van der Waals surface area contributed by atoms with Crippen molar-refractivity contribution < 1.29 is 0 Å². The van der Waals surface area contributed by atoms with Crippen LogP contribution in [0.4, 0.5) is 0 Å². The number of piperazine rings is 1. The predicted molar refractivity (Wildman–Crippen MR) is 118 cm³/mol. The summed E-state index contributed by atoms with van der Waals surface area (Å²) in [6.45, 7) is 10.4. The highest BCUT2D eigenvalue weighted by Crippen LogP contribution is 2.62. The van der Waals surface area contributed by atoms with E-state index in [1.165, 1.54) is 38.2 Å². The zero-order valence-corrected chi connectivity index (χ0v) is 18.2. The maximum Gasteiger partial charge on any atom is 0.0737 e. The van der Waals surface area contributed by atoms with Crippen molar-refractivity contribution in [3.63, 3.8) is 0 Å². The highest BCUT2D eigenvalue weighted by molar-refractivity contribution is 6.31. The molecule has 1 saturated carbocycles. The predicted octanol–water partition coefficient (Wildman–Crippen LogP) is 3.87. The molecule has 0 aromatic heterocycles. The van der Waals surface area contributed by atoms with Crippen LogP contribution in [-0.4, -0.2) is 77.3 Å². The van der Waals surface area contributed by atoms with Gasteiger partial charge < -0.3 is 9.80 Å². The number of alkyl halides is 2. The molecular formula is C23H31Cl2N3. The number of nitrogens with zero attached hydrogens (tertiary/aromatic N) is 3. The normalized spacial score (nSPS) is 41.0. The van der Waals surface area contributed by atoms with E-state index in [9.17, 15) is 0 Å². The lowest BCUT2D eigenvalue weighted by molar-refractivity contribution is 0.136. The van der Waals surface area contributed by atoms with E-state index in [4.69, 9.17) is 23.2 Å². The van der Waals surface area contributed by atoms with Gasteiger partial charge in [-0.25, -0.2) is 0 Å². The van der Waals surface area contributed by atoms with Crippen molar-refractivity contribution in [1.82, 2.24) is 14.7 Å². The first-order valence-corrected chi connectivity index (χ1v) is 11.7. The SMILES string of the molecule is CCN1CC2CC2(C2=CCC(N3CCN(C4=CC(Cl)C(Cl)C=C4)CC3)C=C2)C1. The Bertz CT molecular complexity index is 734. The van der Waals surface area contributed by atoms with Crippen molar-refractivity contribution in [3.8, 4) is 0 Å². The largest absolute Gasteiger partial charge is 0.369 e. The Kier molecular flexibility index (Phi) is 5.15. The first kappa shape index (κ1) is 19.2. The molecule has 0 radical (unpaired) electrons. The van der Waals surface area contributed by atoms with Crippen LogP contribution in [0.5, 0.6) is 0 Å². The molecule has 5 atom stereocenters. The quantitative estimate of drug-likeness (QED) is 0.640. The van der Waals surface area contributed by atoms with Gasteiger partial charge in [0.05, 0.1) is 10.8 Å². The minimum Gasteiger partial charge on any atom is -0.369 e. The van der Waals surface area contributed by atoms with Crippen LogP contribution in [0.1, 0.15) is 19.8 Å². The first-order chi connectivity index (χ1) is 13.6. The first-order valence-electron chi connectivity index (χ1n) is 10.9. The molecule has 0 N–H and O–H groups in total. The van der Waals surface area contributed by atoms with E-state index in [1.54, 1.807) is 5.57 Å². The maximum atomic E-state index is 6.32. The summed E-state index contributed by atoms with van der Waals surface area (Å²) in [7, 11) is 0. The molecule has 152 valence electrons. The minimum absolute atomic E-state index is 0.0881. The van der Waals surface area contributed by atoms with Crippen LogP contribution in [0.15, 0.2) is 47.7 Å². The molecule has 0 aromatic carbocycles. The lowest BCUT2D eigenvalue weighted by atomic mass is 9.88. The zero-order chi connectivity index (χ0) is 19.3. The average molecular weight is 420 g/mol. The third-order valence-electron chi connectivity index (χ3n) is 7.55. The summed E-state index contributed by atoms with van der Waals surface area (Å²) in [6.07, 6.45) is 16.3. The molecule has 3 fully saturated rings. The van der Waals surface area contributed by atoms with E-state index in [-0.39, 0.29) is 10.8 Å². The third kappa shape index (κ3) is 3.39. The maximum absolute atomic E-state index is 6.32. The molecule has 5 unspecified atom stereocenters. The number of hydrogen-bond donors (Lipinski definition) is 0. The number of allylic oxidation sites excluding steroid dienone is 4. The van der Waals surface area contributed by atoms with Gasteiger partial charge in [-0.2, -0.15) is 0 Å². The summed E-state index contributed by atoms with van der Waals surface area (Å²) in [5, 5.41) is -0.191. The molecule has 0 bridgehead atoms. The molecule has 5 rings (SSSR count). The second-order valence-electron chi connectivity index (χ2n) is 9.07. The third-order valence-corrected chi connectivity index (χ3v) is 8.49. The van der Waals surface area contributed by atoms with Crippen LogP contribution in [-0.2, 0) is 0 Å². The van der Waals surface area contributed by atoms with Crippen LogP contribution in [0, 0.1) is 11.3 Å². The summed E-state index contributed by atoms with van der Waals surface area (Å²) in [4.78, 5) is 7.72.